The van der Waals surface area contributed by atoms with E-state index in [0.29, 0.717) is 0 Å². The van der Waals surface area contributed by atoms with Crippen molar-refractivity contribution in [1.29, 1.82) is 0 Å². The van der Waals surface area contributed by atoms with E-state index in [-0.39, 0.29) is 11.8 Å². The van der Waals surface area contributed by atoms with E-state index in [0.717, 1.165) is 32.1 Å². The first-order valence-electron chi connectivity index (χ1n) is 6.35. The predicted molar refractivity (Wildman–Crippen MR) is 68.5 cm³/mol. The van der Waals surface area contributed by atoms with Crippen LogP contribution in [0.15, 0.2) is 11.6 Å². The Morgan fingerprint density at radius 1 is 1.31 bits per heavy atom. The van der Waals surface area contributed by atoms with E-state index in [9.17, 15) is 4.79 Å². The number of carbonyl (C=O) groups is 1. The van der Waals surface area contributed by atoms with Crippen molar-refractivity contribution in [2.75, 3.05) is 0 Å². The summed E-state index contributed by atoms with van der Waals surface area (Å²) in [7, 11) is 0. The fourth-order valence-corrected chi connectivity index (χ4v) is 1.91. The van der Waals surface area contributed by atoms with Crippen LogP contribution < -0.4 is 0 Å². The molecule has 0 aliphatic heterocycles. The molecule has 0 aromatic heterocycles. The predicted octanol–water partition coefficient (Wildman–Crippen LogP) is 4.26. The minimum Gasteiger partial charge on any atom is -0.481 e. The molecule has 2 nitrogen and oxygen atoms in total. The average Bonchev–Trinajstić information content (AvgIpc) is 2.17. The third-order valence-electron chi connectivity index (χ3n) is 3.05. The number of unbranched alkanes of at least 4 members (excludes halogenated alkanes) is 1. The topological polar surface area (TPSA) is 37.3 Å². The van der Waals surface area contributed by atoms with Crippen LogP contribution in [0.25, 0.3) is 0 Å². The van der Waals surface area contributed by atoms with Gasteiger partial charge < -0.3 is 5.11 Å². The lowest BCUT2D eigenvalue weighted by Gasteiger charge is -2.19. The average molecular weight is 226 g/mol. The molecule has 0 aliphatic carbocycles. The van der Waals surface area contributed by atoms with Gasteiger partial charge in [-0.1, -0.05) is 38.3 Å². The second kappa shape index (κ2) is 8.37. The summed E-state index contributed by atoms with van der Waals surface area (Å²) in [5.74, 6) is -0.511. The van der Waals surface area contributed by atoms with Gasteiger partial charge in [-0.15, -0.1) is 0 Å². The molecule has 0 saturated heterocycles. The fourth-order valence-electron chi connectivity index (χ4n) is 1.91. The van der Waals surface area contributed by atoms with Gasteiger partial charge in [0, 0.05) is 0 Å². The van der Waals surface area contributed by atoms with Crippen molar-refractivity contribution in [3.05, 3.63) is 11.6 Å². The summed E-state index contributed by atoms with van der Waals surface area (Å²) in [5.41, 5.74) is 1.31. The second-order valence-electron chi connectivity index (χ2n) is 4.92. The zero-order valence-corrected chi connectivity index (χ0v) is 11.1. The number of allylic oxidation sites excluding steroid dienone is 2. The minimum atomic E-state index is -0.627. The van der Waals surface area contributed by atoms with Crippen molar-refractivity contribution in [3.8, 4) is 0 Å². The smallest absolute Gasteiger partial charge is 0.306 e. The van der Waals surface area contributed by atoms with Gasteiger partial charge in [0.1, 0.15) is 0 Å². The number of rotatable bonds is 8. The van der Waals surface area contributed by atoms with E-state index in [1.54, 1.807) is 0 Å². The van der Waals surface area contributed by atoms with Crippen LogP contribution in [-0.4, -0.2) is 11.1 Å². The first-order chi connectivity index (χ1) is 7.49. The minimum absolute atomic E-state index is 0.162. The van der Waals surface area contributed by atoms with Crippen molar-refractivity contribution in [2.24, 2.45) is 11.8 Å². The summed E-state index contributed by atoms with van der Waals surface area (Å²) in [6, 6.07) is 0. The van der Waals surface area contributed by atoms with Gasteiger partial charge in [0.2, 0.25) is 0 Å². The van der Waals surface area contributed by atoms with E-state index in [4.69, 9.17) is 5.11 Å². The highest BCUT2D eigenvalue weighted by molar-refractivity contribution is 5.70. The molecule has 1 N–H and O–H groups in total. The monoisotopic (exact) mass is 226 g/mol. The van der Waals surface area contributed by atoms with E-state index in [2.05, 4.69) is 33.8 Å². The summed E-state index contributed by atoms with van der Waals surface area (Å²) in [6.07, 6.45) is 7.08. The van der Waals surface area contributed by atoms with Crippen LogP contribution in [-0.2, 0) is 4.79 Å². The van der Waals surface area contributed by atoms with Crippen LogP contribution in [0.2, 0.25) is 0 Å². The molecule has 0 rings (SSSR count). The van der Waals surface area contributed by atoms with Gasteiger partial charge in [0.15, 0.2) is 0 Å². The Bertz CT molecular complexity index is 227. The standard InChI is InChI=1S/C14H26O2/c1-5-6-10-13(14(15)16)12(4)9-7-8-11(2)3/h8,12-13H,5-7,9-10H2,1-4H3,(H,15,16). The molecule has 0 spiro atoms. The molecule has 0 aromatic rings. The first kappa shape index (κ1) is 15.2. The highest BCUT2D eigenvalue weighted by Crippen LogP contribution is 2.23. The van der Waals surface area contributed by atoms with Crippen LogP contribution in [0.5, 0.6) is 0 Å². The molecule has 2 atom stereocenters. The van der Waals surface area contributed by atoms with Gasteiger partial charge in [0.25, 0.3) is 0 Å². The van der Waals surface area contributed by atoms with E-state index in [1.165, 1.54) is 5.57 Å². The molecule has 0 fully saturated rings. The Balaban J connectivity index is 4.11. The molecule has 2 unspecified atom stereocenters. The van der Waals surface area contributed by atoms with Crippen LogP contribution >= 0.6 is 0 Å². The van der Waals surface area contributed by atoms with Crippen molar-refractivity contribution in [1.82, 2.24) is 0 Å². The van der Waals surface area contributed by atoms with Crippen LogP contribution in [0, 0.1) is 11.8 Å². The summed E-state index contributed by atoms with van der Waals surface area (Å²) in [5, 5.41) is 9.16. The molecule has 0 heterocycles. The lowest BCUT2D eigenvalue weighted by atomic mass is 9.86. The Kier molecular flexibility index (Phi) is 7.96. The van der Waals surface area contributed by atoms with Gasteiger partial charge in [-0.25, -0.2) is 0 Å². The fraction of sp³-hybridized carbons (Fsp3) is 0.786. The van der Waals surface area contributed by atoms with E-state index in [1.807, 2.05) is 0 Å². The molecule has 0 saturated carbocycles. The zero-order valence-electron chi connectivity index (χ0n) is 11.1. The number of aliphatic carboxylic acids is 1. The molecule has 0 aromatic carbocycles. The molecule has 0 radical (unpaired) electrons. The largest absolute Gasteiger partial charge is 0.481 e. The molecular formula is C14H26O2. The summed E-state index contributed by atoms with van der Waals surface area (Å²) in [6.45, 7) is 8.33. The molecule has 2 heteroatoms. The summed E-state index contributed by atoms with van der Waals surface area (Å²) < 4.78 is 0. The van der Waals surface area contributed by atoms with E-state index < -0.39 is 5.97 Å². The van der Waals surface area contributed by atoms with Crippen molar-refractivity contribution < 1.29 is 9.90 Å². The van der Waals surface area contributed by atoms with E-state index >= 15 is 0 Å². The van der Waals surface area contributed by atoms with Crippen molar-refractivity contribution in [2.45, 2.75) is 59.8 Å². The zero-order chi connectivity index (χ0) is 12.6. The van der Waals surface area contributed by atoms with Gasteiger partial charge in [-0.05, 0) is 39.0 Å². The molecule has 0 bridgehead atoms. The van der Waals surface area contributed by atoms with Crippen molar-refractivity contribution >= 4 is 5.97 Å². The molecule has 94 valence electrons. The third kappa shape index (κ3) is 6.65. The van der Waals surface area contributed by atoms with Gasteiger partial charge in [-0.3, -0.25) is 4.79 Å². The van der Waals surface area contributed by atoms with Crippen LogP contribution in [0.1, 0.15) is 59.8 Å². The second-order valence-corrected chi connectivity index (χ2v) is 4.92. The van der Waals surface area contributed by atoms with Crippen LogP contribution in [0.3, 0.4) is 0 Å². The lowest BCUT2D eigenvalue weighted by Crippen LogP contribution is -2.21. The maximum Gasteiger partial charge on any atom is 0.306 e. The van der Waals surface area contributed by atoms with Crippen LogP contribution in [0.4, 0.5) is 0 Å². The molecule has 0 aliphatic rings. The third-order valence-corrected chi connectivity index (χ3v) is 3.05. The molecule has 16 heavy (non-hydrogen) atoms. The lowest BCUT2D eigenvalue weighted by molar-refractivity contribution is -0.143. The Morgan fingerprint density at radius 3 is 2.38 bits per heavy atom. The summed E-state index contributed by atoms with van der Waals surface area (Å²) >= 11 is 0. The number of carboxylic acid groups (broad SMARTS) is 1. The Labute approximate surface area is 99.7 Å². The van der Waals surface area contributed by atoms with Gasteiger partial charge >= 0.3 is 5.97 Å². The normalized spacial score (nSPS) is 14.2. The highest BCUT2D eigenvalue weighted by Gasteiger charge is 2.23. The summed E-state index contributed by atoms with van der Waals surface area (Å²) in [4.78, 5) is 11.1. The Morgan fingerprint density at radius 2 is 1.94 bits per heavy atom. The maximum absolute atomic E-state index is 11.1. The number of hydrogen-bond acceptors (Lipinski definition) is 1. The maximum atomic E-state index is 11.1. The number of carboxylic acids is 1. The first-order valence-corrected chi connectivity index (χ1v) is 6.35. The quantitative estimate of drug-likeness (QED) is 0.628. The highest BCUT2D eigenvalue weighted by atomic mass is 16.4. The SMILES string of the molecule is CCCCC(C(=O)O)C(C)CCC=C(C)C. The Hall–Kier alpha value is -0.790. The van der Waals surface area contributed by atoms with Gasteiger partial charge in [-0.2, -0.15) is 0 Å². The molecule has 0 amide bonds. The number of hydrogen-bond donors (Lipinski definition) is 1. The molecular weight excluding hydrogens is 200 g/mol. The van der Waals surface area contributed by atoms with Gasteiger partial charge in [0.05, 0.1) is 5.92 Å². The van der Waals surface area contributed by atoms with Crippen molar-refractivity contribution in [3.63, 3.8) is 0 Å².